The number of benzene rings is 1. The highest BCUT2D eigenvalue weighted by Crippen LogP contribution is 2.27. The van der Waals surface area contributed by atoms with E-state index >= 15 is 0 Å². The van der Waals surface area contributed by atoms with Gasteiger partial charge in [-0.1, -0.05) is 50.6 Å². The predicted octanol–water partition coefficient (Wildman–Crippen LogP) is 4.44. The van der Waals surface area contributed by atoms with Crippen molar-refractivity contribution in [3.63, 3.8) is 0 Å². The van der Waals surface area contributed by atoms with Crippen molar-refractivity contribution in [2.24, 2.45) is 5.92 Å². The van der Waals surface area contributed by atoms with Gasteiger partial charge >= 0.3 is 0 Å². The average Bonchev–Trinajstić information content (AvgIpc) is 2.34. The molecule has 0 bridgehead atoms. The van der Waals surface area contributed by atoms with E-state index in [1.165, 1.54) is 0 Å². The first-order chi connectivity index (χ1) is 9.04. The fraction of sp³-hybridized carbons (Fsp3) is 0.625. The molecule has 3 heteroatoms. The number of rotatable bonds is 8. The zero-order chi connectivity index (χ0) is 14.3. The smallest absolute Gasteiger partial charge is 0.0967 e. The van der Waals surface area contributed by atoms with Crippen molar-refractivity contribution >= 4 is 11.6 Å². The van der Waals surface area contributed by atoms with Gasteiger partial charge in [0.25, 0.3) is 0 Å². The molecule has 1 rings (SSSR count). The van der Waals surface area contributed by atoms with Crippen LogP contribution in [0.2, 0.25) is 5.02 Å². The summed E-state index contributed by atoms with van der Waals surface area (Å²) < 4.78 is 6.18. The van der Waals surface area contributed by atoms with Crippen LogP contribution in [-0.2, 0) is 4.74 Å². The first-order valence-electron chi connectivity index (χ1n) is 7.15. The summed E-state index contributed by atoms with van der Waals surface area (Å²) >= 11 is 6.28. The molecule has 2 nitrogen and oxygen atoms in total. The van der Waals surface area contributed by atoms with Crippen LogP contribution in [0.1, 0.15) is 45.8 Å². The van der Waals surface area contributed by atoms with Crippen molar-refractivity contribution in [2.75, 3.05) is 13.1 Å². The summed E-state index contributed by atoms with van der Waals surface area (Å²) in [6.45, 7) is 10.4. The number of likely N-dealkylation sites (N-methyl/N-ethyl adjacent to an activating group) is 1. The quantitative estimate of drug-likeness (QED) is 0.761. The van der Waals surface area contributed by atoms with Gasteiger partial charge in [-0.2, -0.15) is 0 Å². The zero-order valence-corrected chi connectivity index (χ0v) is 13.2. The van der Waals surface area contributed by atoms with Crippen molar-refractivity contribution in [3.8, 4) is 0 Å². The van der Waals surface area contributed by atoms with Gasteiger partial charge in [0.2, 0.25) is 0 Å². The van der Waals surface area contributed by atoms with Gasteiger partial charge in [0.05, 0.1) is 12.2 Å². The summed E-state index contributed by atoms with van der Waals surface area (Å²) in [5, 5.41) is 4.13. The normalized spacial score (nSPS) is 14.6. The van der Waals surface area contributed by atoms with Gasteiger partial charge in [-0.15, -0.1) is 0 Å². The third-order valence-electron chi connectivity index (χ3n) is 3.03. The van der Waals surface area contributed by atoms with Crippen LogP contribution < -0.4 is 5.32 Å². The van der Waals surface area contributed by atoms with Crippen LogP contribution in [0.3, 0.4) is 0 Å². The first-order valence-corrected chi connectivity index (χ1v) is 7.53. The van der Waals surface area contributed by atoms with E-state index in [-0.39, 0.29) is 12.2 Å². The lowest BCUT2D eigenvalue weighted by Crippen LogP contribution is -2.26. The van der Waals surface area contributed by atoms with Crippen LogP contribution >= 0.6 is 11.6 Å². The number of ether oxygens (including phenoxy) is 1. The van der Waals surface area contributed by atoms with Gasteiger partial charge < -0.3 is 10.1 Å². The highest BCUT2D eigenvalue weighted by atomic mass is 35.5. The Morgan fingerprint density at radius 3 is 2.47 bits per heavy atom. The van der Waals surface area contributed by atoms with Gasteiger partial charge in [-0.25, -0.2) is 0 Å². The molecule has 0 aromatic heterocycles. The summed E-state index contributed by atoms with van der Waals surface area (Å²) in [7, 11) is 0. The molecule has 0 fully saturated rings. The van der Waals surface area contributed by atoms with Crippen LogP contribution in [0.15, 0.2) is 24.3 Å². The van der Waals surface area contributed by atoms with Gasteiger partial charge in [-0.3, -0.25) is 0 Å². The number of hydrogen-bond donors (Lipinski definition) is 1. The Labute approximate surface area is 122 Å². The summed E-state index contributed by atoms with van der Waals surface area (Å²) in [6, 6.07) is 7.93. The van der Waals surface area contributed by atoms with Crippen LogP contribution in [0, 0.1) is 5.92 Å². The Hall–Kier alpha value is -0.570. The largest absolute Gasteiger partial charge is 0.369 e. The Balaban J connectivity index is 2.74. The second kappa shape index (κ2) is 8.57. The van der Waals surface area contributed by atoms with Gasteiger partial charge in [0, 0.05) is 17.1 Å². The first kappa shape index (κ1) is 16.5. The third-order valence-corrected chi connectivity index (χ3v) is 3.38. The Morgan fingerprint density at radius 2 is 1.89 bits per heavy atom. The number of halogens is 1. The van der Waals surface area contributed by atoms with E-state index < -0.39 is 0 Å². The fourth-order valence-electron chi connectivity index (χ4n) is 2.24. The molecular weight excluding hydrogens is 258 g/mol. The highest BCUT2D eigenvalue weighted by Gasteiger charge is 2.18. The maximum absolute atomic E-state index is 6.28. The standard InChI is InChI=1S/C16H26ClNO/c1-5-18-11-16(19-13(4)10-12(2)3)14-8-6-7-9-15(14)17/h6-9,12-13,16,18H,5,10-11H2,1-4H3. The van der Waals surface area contributed by atoms with Crippen molar-refractivity contribution in [3.05, 3.63) is 34.9 Å². The molecule has 0 radical (unpaired) electrons. The highest BCUT2D eigenvalue weighted by molar-refractivity contribution is 6.31. The van der Waals surface area contributed by atoms with E-state index in [9.17, 15) is 0 Å². The molecule has 1 aromatic carbocycles. The molecule has 2 unspecified atom stereocenters. The summed E-state index contributed by atoms with van der Waals surface area (Å²) in [5.74, 6) is 0.640. The second-order valence-corrected chi connectivity index (χ2v) is 5.80. The second-order valence-electron chi connectivity index (χ2n) is 5.39. The molecule has 0 aliphatic rings. The molecule has 2 atom stereocenters. The van der Waals surface area contributed by atoms with Crippen LogP contribution in [0.4, 0.5) is 0 Å². The monoisotopic (exact) mass is 283 g/mol. The molecule has 108 valence electrons. The summed E-state index contributed by atoms with van der Waals surface area (Å²) in [5.41, 5.74) is 1.07. The fourth-order valence-corrected chi connectivity index (χ4v) is 2.50. The van der Waals surface area contributed by atoms with Crippen LogP contribution in [0.25, 0.3) is 0 Å². The lowest BCUT2D eigenvalue weighted by molar-refractivity contribution is -0.0123. The van der Waals surface area contributed by atoms with E-state index in [2.05, 4.69) is 33.0 Å². The van der Waals surface area contributed by atoms with E-state index in [1.807, 2.05) is 24.3 Å². The molecule has 1 N–H and O–H groups in total. The van der Waals surface area contributed by atoms with Crippen molar-refractivity contribution < 1.29 is 4.74 Å². The summed E-state index contributed by atoms with van der Waals surface area (Å²) in [6.07, 6.45) is 1.31. The SMILES string of the molecule is CCNCC(OC(C)CC(C)C)c1ccccc1Cl. The van der Waals surface area contributed by atoms with E-state index in [4.69, 9.17) is 16.3 Å². The molecular formula is C16H26ClNO. The average molecular weight is 284 g/mol. The topological polar surface area (TPSA) is 21.3 Å². The number of nitrogens with one attached hydrogen (secondary N) is 1. The third kappa shape index (κ3) is 5.94. The predicted molar refractivity (Wildman–Crippen MR) is 82.7 cm³/mol. The van der Waals surface area contributed by atoms with E-state index in [0.717, 1.165) is 30.1 Å². The minimum Gasteiger partial charge on any atom is -0.369 e. The van der Waals surface area contributed by atoms with E-state index in [0.29, 0.717) is 5.92 Å². The molecule has 0 aliphatic carbocycles. The van der Waals surface area contributed by atoms with Gasteiger partial charge in [0.15, 0.2) is 0 Å². The molecule has 0 spiro atoms. The lowest BCUT2D eigenvalue weighted by Gasteiger charge is -2.25. The molecule has 0 aliphatic heterocycles. The molecule has 1 aromatic rings. The molecule has 0 heterocycles. The molecule has 19 heavy (non-hydrogen) atoms. The Kier molecular flexibility index (Phi) is 7.44. The number of hydrogen-bond acceptors (Lipinski definition) is 2. The van der Waals surface area contributed by atoms with Gasteiger partial charge in [-0.05, 0) is 31.9 Å². The lowest BCUT2D eigenvalue weighted by atomic mass is 10.1. The summed E-state index contributed by atoms with van der Waals surface area (Å²) in [4.78, 5) is 0. The zero-order valence-electron chi connectivity index (χ0n) is 12.4. The van der Waals surface area contributed by atoms with Gasteiger partial charge in [0.1, 0.15) is 0 Å². The van der Waals surface area contributed by atoms with Crippen LogP contribution in [0.5, 0.6) is 0 Å². The van der Waals surface area contributed by atoms with Crippen molar-refractivity contribution in [1.29, 1.82) is 0 Å². The molecule has 0 saturated carbocycles. The van der Waals surface area contributed by atoms with Crippen molar-refractivity contribution in [1.82, 2.24) is 5.32 Å². The molecule has 0 amide bonds. The van der Waals surface area contributed by atoms with E-state index in [1.54, 1.807) is 0 Å². The maximum atomic E-state index is 6.28. The molecule has 0 saturated heterocycles. The Morgan fingerprint density at radius 1 is 1.21 bits per heavy atom. The van der Waals surface area contributed by atoms with Crippen LogP contribution in [-0.4, -0.2) is 19.2 Å². The van der Waals surface area contributed by atoms with Crippen molar-refractivity contribution in [2.45, 2.75) is 46.3 Å². The minimum atomic E-state index is 0.0161. The maximum Gasteiger partial charge on any atom is 0.0967 e. The Bertz CT molecular complexity index is 368. The minimum absolute atomic E-state index is 0.0161.